The van der Waals surface area contributed by atoms with Crippen molar-refractivity contribution >= 4 is 34.5 Å². The second kappa shape index (κ2) is 8.34. The van der Waals surface area contributed by atoms with E-state index in [1.165, 1.54) is 18.3 Å². The molecule has 1 saturated heterocycles. The summed E-state index contributed by atoms with van der Waals surface area (Å²) in [6, 6.07) is 9.45. The van der Waals surface area contributed by atoms with E-state index in [0.717, 1.165) is 16.9 Å². The number of benzene rings is 1. The van der Waals surface area contributed by atoms with E-state index in [-0.39, 0.29) is 17.6 Å². The van der Waals surface area contributed by atoms with Crippen LogP contribution >= 0.6 is 0 Å². The minimum atomic E-state index is -0.940. The van der Waals surface area contributed by atoms with E-state index in [2.05, 4.69) is 10.1 Å². The molecule has 0 aliphatic carbocycles. The van der Waals surface area contributed by atoms with E-state index < -0.39 is 5.54 Å². The van der Waals surface area contributed by atoms with Gasteiger partial charge in [-0.3, -0.25) is 9.59 Å². The van der Waals surface area contributed by atoms with Crippen LogP contribution in [0.3, 0.4) is 0 Å². The third-order valence-electron chi connectivity index (χ3n) is 6.06. The van der Waals surface area contributed by atoms with Crippen LogP contribution in [-0.2, 0) is 9.59 Å². The number of nitrogens with two attached hydrogens (primary N) is 3. The highest BCUT2D eigenvalue weighted by atomic mass is 16.2. The summed E-state index contributed by atoms with van der Waals surface area (Å²) in [5.41, 5.74) is 15.4. The molecule has 0 atom stereocenters. The summed E-state index contributed by atoms with van der Waals surface area (Å²) >= 11 is 0. The largest absolute Gasteiger partial charge is 0.397 e. The normalized spacial score (nSPS) is 16.3. The van der Waals surface area contributed by atoms with Gasteiger partial charge in [-0.15, -0.1) is 0 Å². The highest BCUT2D eigenvalue weighted by Crippen LogP contribution is 2.34. The molecular weight excluding hydrogens is 434 g/mol. The number of carbonyl (C=O) groups excluding carboxylic acids is 2. The number of rotatable bonds is 4. The molecular formula is C23H29N9O2. The number of hydrogen-bond acceptors (Lipinski definition) is 8. The minimum Gasteiger partial charge on any atom is -0.397 e. The summed E-state index contributed by atoms with van der Waals surface area (Å²) in [7, 11) is 1.67. The standard InChI is InChI=1S/C23H29N9O2/c1-14(33)31-9-8-30(22(34)23(31,2)3)16-7-5-6-15(10-16)19-11-17(18(24)12-29(4)26)20-21(25)27-13-28-32(19)20/h5-7,10-13H,8-9,24,26H2,1-4H3,(H2,25,27,28)/b18-12-. The Morgan fingerprint density at radius 1 is 1.24 bits per heavy atom. The van der Waals surface area contributed by atoms with Crippen LogP contribution in [0.1, 0.15) is 26.3 Å². The molecule has 1 fully saturated rings. The van der Waals surface area contributed by atoms with Crippen LogP contribution < -0.4 is 22.2 Å². The molecule has 0 radical (unpaired) electrons. The molecule has 1 aliphatic rings. The summed E-state index contributed by atoms with van der Waals surface area (Å²) in [6.45, 7) is 5.87. The van der Waals surface area contributed by atoms with E-state index in [4.69, 9.17) is 17.3 Å². The number of carbonyl (C=O) groups is 2. The Balaban J connectivity index is 1.80. The number of fused-ring (bicyclic) bond motifs is 1. The third-order valence-corrected chi connectivity index (χ3v) is 6.06. The molecule has 3 heterocycles. The lowest BCUT2D eigenvalue weighted by Gasteiger charge is -2.45. The zero-order valence-corrected chi connectivity index (χ0v) is 19.7. The van der Waals surface area contributed by atoms with Crippen LogP contribution in [0.15, 0.2) is 42.9 Å². The first kappa shape index (κ1) is 23.1. The Labute approximate surface area is 197 Å². The smallest absolute Gasteiger partial charge is 0.252 e. The fraction of sp³-hybridized carbons (Fsp3) is 0.304. The Morgan fingerprint density at radius 3 is 2.65 bits per heavy atom. The van der Waals surface area contributed by atoms with Gasteiger partial charge in [-0.2, -0.15) is 5.10 Å². The average molecular weight is 464 g/mol. The van der Waals surface area contributed by atoms with Crippen LogP contribution in [0, 0.1) is 0 Å². The highest BCUT2D eigenvalue weighted by Gasteiger charge is 2.43. The molecule has 34 heavy (non-hydrogen) atoms. The fourth-order valence-electron chi connectivity index (χ4n) is 4.44. The van der Waals surface area contributed by atoms with Crippen molar-refractivity contribution in [1.82, 2.24) is 24.5 Å². The molecule has 4 rings (SSSR count). The Hall–Kier alpha value is -4.12. The zero-order valence-electron chi connectivity index (χ0n) is 19.7. The van der Waals surface area contributed by atoms with Gasteiger partial charge in [0.15, 0.2) is 5.82 Å². The Morgan fingerprint density at radius 2 is 1.97 bits per heavy atom. The quantitative estimate of drug-likeness (QED) is 0.383. The van der Waals surface area contributed by atoms with E-state index in [9.17, 15) is 9.59 Å². The SMILES string of the molecule is CC(=O)N1CCN(c2cccc(-c3cc(/C(N)=C/N(C)N)c4c(N)ncnn34)c2)C(=O)C1(C)C. The van der Waals surface area contributed by atoms with Gasteiger partial charge in [0.25, 0.3) is 5.91 Å². The molecule has 11 heteroatoms. The summed E-state index contributed by atoms with van der Waals surface area (Å²) in [4.78, 5) is 32.8. The second-order valence-electron chi connectivity index (χ2n) is 8.84. The van der Waals surface area contributed by atoms with Crippen molar-refractivity contribution in [1.29, 1.82) is 0 Å². The minimum absolute atomic E-state index is 0.120. The summed E-state index contributed by atoms with van der Waals surface area (Å²) < 4.78 is 1.67. The highest BCUT2D eigenvalue weighted by molar-refractivity contribution is 6.03. The Bertz CT molecular complexity index is 1310. The van der Waals surface area contributed by atoms with Gasteiger partial charge in [-0.25, -0.2) is 15.3 Å². The molecule has 2 amide bonds. The second-order valence-corrected chi connectivity index (χ2v) is 8.84. The first-order valence-electron chi connectivity index (χ1n) is 10.8. The van der Waals surface area contributed by atoms with Gasteiger partial charge in [0.2, 0.25) is 5.91 Å². The lowest BCUT2D eigenvalue weighted by molar-refractivity contribution is -0.145. The van der Waals surface area contributed by atoms with E-state index >= 15 is 0 Å². The lowest BCUT2D eigenvalue weighted by atomic mass is 9.96. The van der Waals surface area contributed by atoms with Crippen molar-refractivity contribution in [2.75, 3.05) is 30.8 Å². The van der Waals surface area contributed by atoms with Gasteiger partial charge in [0.05, 0.1) is 11.4 Å². The number of anilines is 2. The van der Waals surface area contributed by atoms with Crippen LogP contribution in [0.2, 0.25) is 0 Å². The molecule has 11 nitrogen and oxygen atoms in total. The molecule has 0 saturated carbocycles. The van der Waals surface area contributed by atoms with E-state index in [1.54, 1.807) is 41.4 Å². The molecule has 1 aliphatic heterocycles. The van der Waals surface area contributed by atoms with Gasteiger partial charge >= 0.3 is 0 Å². The molecule has 0 unspecified atom stereocenters. The summed E-state index contributed by atoms with van der Waals surface area (Å²) in [6.07, 6.45) is 2.96. The predicted octanol–water partition coefficient (Wildman–Crippen LogP) is 1.01. The number of piperazine rings is 1. The van der Waals surface area contributed by atoms with E-state index in [1.807, 2.05) is 30.3 Å². The molecule has 178 valence electrons. The lowest BCUT2D eigenvalue weighted by Crippen LogP contribution is -2.64. The summed E-state index contributed by atoms with van der Waals surface area (Å²) in [5.74, 6) is 5.76. The van der Waals surface area contributed by atoms with Crippen molar-refractivity contribution in [3.63, 3.8) is 0 Å². The van der Waals surface area contributed by atoms with Crippen LogP contribution in [0.4, 0.5) is 11.5 Å². The molecule has 0 bridgehead atoms. The van der Waals surface area contributed by atoms with Crippen molar-refractivity contribution in [3.8, 4) is 11.3 Å². The molecule has 1 aromatic carbocycles. The van der Waals surface area contributed by atoms with Crippen LogP contribution in [-0.4, -0.2) is 62.0 Å². The van der Waals surface area contributed by atoms with Crippen molar-refractivity contribution < 1.29 is 9.59 Å². The number of amides is 2. The van der Waals surface area contributed by atoms with Gasteiger partial charge < -0.3 is 26.3 Å². The van der Waals surface area contributed by atoms with Gasteiger partial charge in [-0.1, -0.05) is 12.1 Å². The van der Waals surface area contributed by atoms with E-state index in [0.29, 0.717) is 29.9 Å². The number of nitrogen functional groups attached to an aromatic ring is 1. The molecule has 2 aromatic heterocycles. The predicted molar refractivity (Wildman–Crippen MR) is 131 cm³/mol. The first-order chi connectivity index (χ1) is 16.0. The average Bonchev–Trinajstić information content (AvgIpc) is 3.16. The monoisotopic (exact) mass is 463 g/mol. The van der Waals surface area contributed by atoms with Crippen molar-refractivity contribution in [3.05, 3.63) is 48.4 Å². The first-order valence-corrected chi connectivity index (χ1v) is 10.8. The number of hydrazine groups is 1. The van der Waals surface area contributed by atoms with Crippen LogP contribution in [0.25, 0.3) is 22.5 Å². The zero-order chi connectivity index (χ0) is 24.8. The number of hydrogen-bond donors (Lipinski definition) is 3. The number of nitrogens with zero attached hydrogens (tertiary/aromatic N) is 6. The molecule has 6 N–H and O–H groups in total. The third kappa shape index (κ3) is 3.79. The molecule has 3 aromatic rings. The number of aromatic nitrogens is 3. The fourth-order valence-corrected chi connectivity index (χ4v) is 4.44. The van der Waals surface area contributed by atoms with Gasteiger partial charge in [0.1, 0.15) is 17.4 Å². The maximum atomic E-state index is 13.3. The van der Waals surface area contributed by atoms with Gasteiger partial charge in [0, 0.05) is 50.1 Å². The van der Waals surface area contributed by atoms with Crippen molar-refractivity contribution in [2.24, 2.45) is 11.6 Å². The van der Waals surface area contributed by atoms with Gasteiger partial charge in [-0.05, 0) is 32.0 Å². The summed E-state index contributed by atoms with van der Waals surface area (Å²) in [5, 5.41) is 5.74. The topological polar surface area (TPSA) is 152 Å². The maximum Gasteiger partial charge on any atom is 0.252 e. The van der Waals surface area contributed by atoms with Crippen molar-refractivity contribution in [2.45, 2.75) is 26.3 Å². The Kier molecular flexibility index (Phi) is 5.65. The maximum absolute atomic E-state index is 13.3. The van der Waals surface area contributed by atoms with Crippen LogP contribution in [0.5, 0.6) is 0 Å². The molecule has 0 spiro atoms.